The summed E-state index contributed by atoms with van der Waals surface area (Å²) >= 11 is 0. The van der Waals surface area contributed by atoms with E-state index in [2.05, 4.69) is 27.2 Å². The Morgan fingerprint density at radius 1 is 0.631 bits per heavy atom. The molecule has 0 radical (unpaired) electrons. The van der Waals surface area contributed by atoms with Crippen LogP contribution in [0.25, 0.3) is 22.5 Å². The Kier molecular flexibility index (Phi) is 9.08. The van der Waals surface area contributed by atoms with Gasteiger partial charge in [-0.2, -0.15) is 18.3 Å². The molecule has 0 bridgehead atoms. The number of hydrogen-bond acceptors (Lipinski definition) is 8. The van der Waals surface area contributed by atoms with Gasteiger partial charge in [-0.05, 0) is 55.0 Å². The van der Waals surface area contributed by atoms with Crippen molar-refractivity contribution in [3.05, 3.63) is 155 Å². The number of nitrogens with one attached hydrogen (secondary N) is 1. The molecule has 1 N–H and O–H groups in total. The van der Waals surface area contributed by atoms with Crippen molar-refractivity contribution in [3.63, 3.8) is 0 Å². The lowest BCUT2D eigenvalue weighted by molar-refractivity contribution is -0.144. The topological polar surface area (TPSA) is 140 Å². The number of nitrogens with zero attached hydrogens (tertiary/aromatic N) is 5. The molecule has 12 rings (SSSR count). The minimum absolute atomic E-state index is 0.00307. The van der Waals surface area contributed by atoms with Crippen LogP contribution in [0.5, 0.6) is 0 Å². The van der Waals surface area contributed by atoms with Gasteiger partial charge in [0.1, 0.15) is 0 Å². The third-order valence-corrected chi connectivity index (χ3v) is 14.2. The molecule has 12 nitrogen and oxygen atoms in total. The lowest BCUT2D eigenvalue weighted by atomic mass is 9.91. The largest absolute Gasteiger partial charge is 0.449 e. The molecule has 2 spiro atoms. The van der Waals surface area contributed by atoms with Gasteiger partial charge in [0.25, 0.3) is 0 Å². The number of H-pyrrole nitrogens is 1. The van der Waals surface area contributed by atoms with E-state index >= 15 is 0 Å². The van der Waals surface area contributed by atoms with Crippen LogP contribution in [0.2, 0.25) is 0 Å². The smallest absolute Gasteiger partial charge is 0.449 e. The maximum Gasteiger partial charge on any atom is 0.449 e. The van der Waals surface area contributed by atoms with Crippen LogP contribution < -0.4 is 0 Å². The molecule has 2 saturated heterocycles. The molecule has 65 heavy (non-hydrogen) atoms. The highest BCUT2D eigenvalue weighted by atomic mass is 19.4. The fourth-order valence-electron chi connectivity index (χ4n) is 10.4. The first-order valence-electron chi connectivity index (χ1n) is 21.8. The molecule has 2 aliphatic carbocycles. The van der Waals surface area contributed by atoms with E-state index in [0.29, 0.717) is 68.6 Å². The summed E-state index contributed by atoms with van der Waals surface area (Å²) in [4.78, 5) is 61.3. The number of alkyl halides is 3. The number of benzene rings is 4. The number of amides is 2. The predicted octanol–water partition coefficient (Wildman–Crippen LogP) is 7.84. The summed E-state index contributed by atoms with van der Waals surface area (Å²) in [5, 5.41) is 4.45. The van der Waals surface area contributed by atoms with Crippen LogP contribution >= 0.6 is 0 Å². The molecule has 2 saturated carbocycles. The molecule has 6 aromatic rings. The molecule has 4 aliphatic heterocycles. The second-order valence-corrected chi connectivity index (χ2v) is 18.1. The van der Waals surface area contributed by atoms with Gasteiger partial charge in [-0.3, -0.25) is 14.3 Å². The fraction of sp³-hybridized carbons (Fsp3) is 0.320. The molecule has 4 aromatic carbocycles. The monoisotopic (exact) mass is 880 g/mol. The standard InChI is InChI=1S/C25H20F3N3O3.C25H23N3O3/c26-25(27,28)21-29-13-19(30-21)15-5-7-16(8-6-15)23(9-10-23)22(33)31-12-11-24(14-31)18-4-2-1-3-17(18)20(32)34-24;1-27-14-10-21(26-27)17-6-8-18(9-7-17)24(11-12-24)23(30)28-15-13-25(16-28)20-5-3-2-4-19(20)22(29)31-25/h1-8,13H,9-12,14H2,(H,29,30);2-10,14H,11-13,15-16H2,1H3. The van der Waals surface area contributed by atoms with Crippen molar-refractivity contribution in [1.82, 2.24) is 29.5 Å². The lowest BCUT2D eigenvalue weighted by Gasteiger charge is -2.27. The lowest BCUT2D eigenvalue weighted by Crippen LogP contribution is -2.40. The third kappa shape index (κ3) is 6.64. The summed E-state index contributed by atoms with van der Waals surface area (Å²) in [7, 11) is 1.90. The first-order valence-corrected chi connectivity index (χ1v) is 21.8. The summed E-state index contributed by atoms with van der Waals surface area (Å²) in [6.45, 7) is 1.85. The van der Waals surface area contributed by atoms with Crippen molar-refractivity contribution in [2.45, 2.75) is 66.7 Å². The first kappa shape index (κ1) is 40.7. The Balaban J connectivity index is 0.000000145. The van der Waals surface area contributed by atoms with E-state index in [4.69, 9.17) is 9.47 Å². The summed E-state index contributed by atoms with van der Waals surface area (Å²) in [5.74, 6) is -1.53. The molecule has 6 aliphatic rings. The van der Waals surface area contributed by atoms with Crippen molar-refractivity contribution in [3.8, 4) is 22.5 Å². The van der Waals surface area contributed by atoms with Crippen LogP contribution in [0.1, 0.15) is 87.3 Å². The van der Waals surface area contributed by atoms with E-state index in [0.717, 1.165) is 46.4 Å². The number of halogens is 3. The van der Waals surface area contributed by atoms with Gasteiger partial charge in [-0.15, -0.1) is 0 Å². The zero-order chi connectivity index (χ0) is 44.9. The quantitative estimate of drug-likeness (QED) is 0.167. The van der Waals surface area contributed by atoms with Crippen molar-refractivity contribution < 1.29 is 41.8 Å². The normalized spacial score (nSPS) is 22.9. The summed E-state index contributed by atoms with van der Waals surface area (Å²) < 4.78 is 51.9. The van der Waals surface area contributed by atoms with Crippen LogP contribution in [-0.4, -0.2) is 79.5 Å². The number of aromatic amines is 1. The van der Waals surface area contributed by atoms with Crippen molar-refractivity contribution in [2.24, 2.45) is 7.05 Å². The van der Waals surface area contributed by atoms with Gasteiger partial charge in [-0.1, -0.05) is 84.9 Å². The van der Waals surface area contributed by atoms with Crippen LogP contribution in [-0.2, 0) is 54.3 Å². The Hall–Kier alpha value is -7.03. The highest BCUT2D eigenvalue weighted by Gasteiger charge is 2.59. The average molecular weight is 881 g/mol. The molecule has 2 atom stereocenters. The minimum Gasteiger partial charge on any atom is -0.449 e. The van der Waals surface area contributed by atoms with Gasteiger partial charge < -0.3 is 24.3 Å². The summed E-state index contributed by atoms with van der Waals surface area (Å²) in [5.41, 5.74) is 4.94. The van der Waals surface area contributed by atoms with Crippen LogP contribution in [0.3, 0.4) is 0 Å². The maximum absolute atomic E-state index is 13.6. The van der Waals surface area contributed by atoms with Crippen LogP contribution in [0.4, 0.5) is 13.2 Å². The number of fused-ring (bicyclic) bond motifs is 4. The van der Waals surface area contributed by atoms with E-state index in [9.17, 15) is 32.3 Å². The number of rotatable bonds is 6. The highest BCUT2D eigenvalue weighted by molar-refractivity contribution is 5.97. The molecule has 2 aromatic heterocycles. The Morgan fingerprint density at radius 2 is 1.09 bits per heavy atom. The Bertz CT molecular complexity index is 2920. The number of likely N-dealkylation sites (tertiary alicyclic amines) is 2. The molecular weight excluding hydrogens is 838 g/mol. The number of aryl methyl sites for hydroxylation is 1. The van der Waals surface area contributed by atoms with E-state index in [1.807, 2.05) is 72.7 Å². The fourth-order valence-corrected chi connectivity index (χ4v) is 10.4. The van der Waals surface area contributed by atoms with Gasteiger partial charge in [0.15, 0.2) is 11.2 Å². The zero-order valence-electron chi connectivity index (χ0n) is 35.4. The first-order chi connectivity index (χ1) is 31.2. The second kappa shape index (κ2) is 14.5. The summed E-state index contributed by atoms with van der Waals surface area (Å²) in [6.07, 6.45) is 2.92. The number of carbonyl (C=O) groups is 4. The molecule has 6 heterocycles. The molecular formula is C50H43F3N6O6. The Labute approximate surface area is 371 Å². The SMILES string of the molecule is Cn1ccc(-c2ccc(C3(C(=O)N4CCC5(C4)OC(=O)c4ccccc45)CC3)cc2)n1.O=C1OC2(CCN(C(=O)C3(c4ccc(-c5c[nH]c(C(F)(F)F)n5)cc4)CC3)C2)c2ccccc21. The summed E-state index contributed by atoms with van der Waals surface area (Å²) in [6, 6.07) is 32.0. The van der Waals surface area contributed by atoms with Crippen LogP contribution in [0.15, 0.2) is 116 Å². The van der Waals surface area contributed by atoms with E-state index in [1.54, 1.807) is 46.0 Å². The second-order valence-electron chi connectivity index (χ2n) is 18.1. The van der Waals surface area contributed by atoms with Gasteiger partial charge in [0.05, 0.1) is 46.4 Å². The number of ether oxygens (including phenoxy) is 2. The van der Waals surface area contributed by atoms with Crippen molar-refractivity contribution in [2.75, 3.05) is 26.2 Å². The van der Waals surface area contributed by atoms with Gasteiger partial charge in [0.2, 0.25) is 17.6 Å². The molecule has 2 amide bonds. The van der Waals surface area contributed by atoms with E-state index in [-0.39, 0.29) is 29.4 Å². The number of carbonyl (C=O) groups excluding carboxylic acids is 4. The molecule has 330 valence electrons. The van der Waals surface area contributed by atoms with Crippen LogP contribution in [0, 0.1) is 0 Å². The zero-order valence-corrected chi connectivity index (χ0v) is 35.4. The van der Waals surface area contributed by atoms with Gasteiger partial charge >= 0.3 is 18.1 Å². The van der Waals surface area contributed by atoms with E-state index < -0.39 is 34.0 Å². The van der Waals surface area contributed by atoms with E-state index in [1.165, 1.54) is 6.20 Å². The average Bonchev–Trinajstić information content (AvgIpc) is 3.82. The number of aromatic nitrogens is 4. The minimum atomic E-state index is -4.54. The number of esters is 2. The van der Waals surface area contributed by atoms with Crippen molar-refractivity contribution >= 4 is 23.8 Å². The maximum atomic E-state index is 13.6. The van der Waals surface area contributed by atoms with Gasteiger partial charge in [0, 0.05) is 67.6 Å². The number of imidazole rings is 1. The predicted molar refractivity (Wildman–Crippen MR) is 229 cm³/mol. The van der Waals surface area contributed by atoms with Gasteiger partial charge in [-0.25, -0.2) is 14.6 Å². The van der Waals surface area contributed by atoms with Crippen molar-refractivity contribution in [1.29, 1.82) is 0 Å². The molecule has 2 unspecified atom stereocenters. The molecule has 15 heteroatoms. The highest BCUT2D eigenvalue weighted by Crippen LogP contribution is 2.54. The number of hydrogen-bond donors (Lipinski definition) is 1. The Morgan fingerprint density at radius 3 is 1.51 bits per heavy atom. The molecule has 4 fully saturated rings. The third-order valence-electron chi connectivity index (χ3n) is 14.2.